The van der Waals surface area contributed by atoms with Gasteiger partial charge >= 0.3 is 0 Å². The minimum Gasteiger partial charge on any atom is -0.479 e. The molecule has 0 aliphatic heterocycles. The van der Waals surface area contributed by atoms with Crippen LogP contribution in [0.3, 0.4) is 0 Å². The Hall–Kier alpha value is -3.43. The molecule has 1 fully saturated rings. The van der Waals surface area contributed by atoms with Crippen LogP contribution in [0.5, 0.6) is 5.88 Å². The van der Waals surface area contributed by atoms with E-state index in [0.717, 1.165) is 41.9 Å². The lowest BCUT2D eigenvalue weighted by atomic mass is 9.93. The van der Waals surface area contributed by atoms with E-state index >= 15 is 0 Å². The molecule has 0 aromatic carbocycles. The lowest BCUT2D eigenvalue weighted by molar-refractivity contribution is -0.121. The first kappa shape index (κ1) is 19.5. The molecule has 1 amide bonds. The fraction of sp³-hybridized carbons (Fsp3) is 0.476. The van der Waals surface area contributed by atoms with Crippen molar-refractivity contribution in [1.29, 1.82) is 0 Å². The summed E-state index contributed by atoms with van der Waals surface area (Å²) in [6.07, 6.45) is 7.24. The van der Waals surface area contributed by atoms with E-state index in [2.05, 4.69) is 42.0 Å². The number of fused-ring (bicyclic) bond motifs is 3. The number of carbonyl (C=O) groups is 1. The van der Waals surface area contributed by atoms with Crippen LogP contribution in [-0.4, -0.2) is 48.8 Å². The third kappa shape index (κ3) is 3.62. The maximum absolute atomic E-state index is 12.5. The number of carbonyl (C=O) groups excluding carboxylic acids is 1. The third-order valence-electron chi connectivity index (χ3n) is 6.23. The van der Waals surface area contributed by atoms with Crippen molar-refractivity contribution < 1.29 is 14.1 Å². The van der Waals surface area contributed by atoms with Gasteiger partial charge in [0.2, 0.25) is 5.91 Å². The highest BCUT2D eigenvalue weighted by molar-refractivity contribution is 5.76. The number of rotatable bonds is 7. The van der Waals surface area contributed by atoms with Gasteiger partial charge in [-0.05, 0) is 30.0 Å². The topological polar surface area (TPSA) is 123 Å². The normalized spacial score (nSPS) is 21.2. The number of aromatic amines is 1. The Morgan fingerprint density at radius 3 is 3.10 bits per heavy atom. The zero-order valence-electron chi connectivity index (χ0n) is 17.5. The van der Waals surface area contributed by atoms with Crippen molar-refractivity contribution in [2.24, 2.45) is 5.92 Å². The second-order valence-electron chi connectivity index (χ2n) is 8.07. The van der Waals surface area contributed by atoms with Crippen LogP contribution in [0, 0.1) is 5.92 Å². The average molecular weight is 423 g/mol. The average Bonchev–Trinajstić information content (AvgIpc) is 3.56. The number of amides is 1. The smallest absolute Gasteiger partial charge is 0.254 e. The Morgan fingerprint density at radius 2 is 2.29 bits per heavy atom. The van der Waals surface area contributed by atoms with Crippen molar-refractivity contribution >= 4 is 22.7 Å². The van der Waals surface area contributed by atoms with Gasteiger partial charge in [0.15, 0.2) is 11.3 Å². The number of nitrogens with zero attached hydrogens (tertiary/aromatic N) is 5. The van der Waals surface area contributed by atoms with Crippen molar-refractivity contribution in [3.05, 3.63) is 36.1 Å². The van der Waals surface area contributed by atoms with E-state index in [1.54, 1.807) is 12.3 Å². The van der Waals surface area contributed by atoms with Crippen LogP contribution in [0.25, 0.3) is 16.8 Å². The van der Waals surface area contributed by atoms with E-state index in [4.69, 9.17) is 9.26 Å². The quantitative estimate of drug-likeness (QED) is 0.468. The first-order valence-corrected chi connectivity index (χ1v) is 10.6. The zero-order valence-corrected chi connectivity index (χ0v) is 17.5. The Bertz CT molecular complexity index is 1210. The van der Waals surface area contributed by atoms with E-state index in [0.29, 0.717) is 30.4 Å². The second kappa shape index (κ2) is 8.01. The molecule has 4 aromatic rings. The van der Waals surface area contributed by atoms with E-state index in [1.807, 2.05) is 12.3 Å². The number of methoxy groups -OCH3 is 1. The summed E-state index contributed by atoms with van der Waals surface area (Å²) < 4.78 is 12.3. The molecule has 1 aliphatic rings. The molecule has 1 aliphatic carbocycles. The van der Waals surface area contributed by atoms with Gasteiger partial charge in [-0.2, -0.15) is 0 Å². The molecular formula is C21H25N7O3. The van der Waals surface area contributed by atoms with Crippen molar-refractivity contribution in [3.63, 3.8) is 0 Å². The molecule has 162 valence electrons. The van der Waals surface area contributed by atoms with E-state index in [1.165, 1.54) is 7.11 Å². The highest BCUT2D eigenvalue weighted by Gasteiger charge is 2.37. The van der Waals surface area contributed by atoms with E-state index in [-0.39, 0.29) is 17.9 Å². The maximum Gasteiger partial charge on any atom is 0.254 e. The molecule has 5 rings (SSSR count). The van der Waals surface area contributed by atoms with Gasteiger partial charge in [0.05, 0.1) is 18.8 Å². The first-order valence-electron chi connectivity index (χ1n) is 10.6. The SMILES string of the molecule is CC[C@@H]1C[C@H](NC(=O)CCc2cc(OC)no2)C[C@@H]1c1nnc2cnc3[nH]ccc3n12. The minimum absolute atomic E-state index is 0.0131. The molecule has 4 heterocycles. The van der Waals surface area contributed by atoms with E-state index < -0.39 is 0 Å². The summed E-state index contributed by atoms with van der Waals surface area (Å²) in [5, 5.41) is 15.8. The van der Waals surface area contributed by atoms with Gasteiger partial charge < -0.3 is 19.6 Å². The van der Waals surface area contributed by atoms with Gasteiger partial charge in [0, 0.05) is 37.1 Å². The fourth-order valence-corrected chi connectivity index (χ4v) is 4.69. The Balaban J connectivity index is 1.29. The first-order chi connectivity index (χ1) is 15.2. The van der Waals surface area contributed by atoms with Crippen molar-refractivity contribution in [2.75, 3.05) is 7.11 Å². The Kier molecular flexibility index (Phi) is 5.05. The molecule has 0 saturated heterocycles. The Labute approximate surface area is 178 Å². The van der Waals surface area contributed by atoms with Crippen LogP contribution in [0.15, 0.2) is 29.0 Å². The predicted octanol–water partition coefficient (Wildman–Crippen LogP) is 2.62. The van der Waals surface area contributed by atoms with Crippen molar-refractivity contribution in [3.8, 4) is 5.88 Å². The second-order valence-corrected chi connectivity index (χ2v) is 8.07. The van der Waals surface area contributed by atoms with Crippen LogP contribution in [0.2, 0.25) is 0 Å². The minimum atomic E-state index is 0.0131. The number of hydrogen-bond acceptors (Lipinski definition) is 7. The van der Waals surface area contributed by atoms with Crippen LogP contribution in [-0.2, 0) is 11.2 Å². The standard InChI is InChI=1S/C21H25N7O3/c1-3-12-8-13(24-18(29)5-4-14-10-19(30-2)27-31-14)9-15(12)21-26-25-17-11-23-20-16(28(17)21)6-7-22-20/h6-7,10-13,15,22H,3-5,8-9H2,1-2H3,(H,24,29)/t12-,13+,15+/m1/s1. The lowest BCUT2D eigenvalue weighted by Gasteiger charge is -2.15. The highest BCUT2D eigenvalue weighted by Crippen LogP contribution is 2.41. The molecule has 0 radical (unpaired) electrons. The summed E-state index contributed by atoms with van der Waals surface area (Å²) in [4.78, 5) is 20.1. The van der Waals surface area contributed by atoms with Crippen molar-refractivity contribution in [1.82, 2.24) is 35.0 Å². The molecule has 31 heavy (non-hydrogen) atoms. The molecule has 10 heteroatoms. The van der Waals surface area contributed by atoms with Crippen LogP contribution in [0.1, 0.15) is 50.1 Å². The monoisotopic (exact) mass is 423 g/mol. The molecule has 10 nitrogen and oxygen atoms in total. The molecule has 0 unspecified atom stereocenters. The van der Waals surface area contributed by atoms with Gasteiger partial charge in [0.25, 0.3) is 5.88 Å². The summed E-state index contributed by atoms with van der Waals surface area (Å²) in [5.74, 6) is 2.68. The van der Waals surface area contributed by atoms with Gasteiger partial charge in [-0.3, -0.25) is 9.20 Å². The predicted molar refractivity (Wildman–Crippen MR) is 112 cm³/mol. The van der Waals surface area contributed by atoms with Crippen LogP contribution < -0.4 is 10.1 Å². The lowest BCUT2D eigenvalue weighted by Crippen LogP contribution is -2.33. The van der Waals surface area contributed by atoms with Crippen LogP contribution >= 0.6 is 0 Å². The van der Waals surface area contributed by atoms with Crippen LogP contribution in [0.4, 0.5) is 0 Å². The molecule has 0 spiro atoms. The van der Waals surface area contributed by atoms with Gasteiger partial charge in [-0.1, -0.05) is 13.3 Å². The number of H-pyrrole nitrogens is 1. The maximum atomic E-state index is 12.5. The highest BCUT2D eigenvalue weighted by atomic mass is 16.5. The van der Waals surface area contributed by atoms with Crippen molar-refractivity contribution in [2.45, 2.75) is 51.0 Å². The molecule has 3 atom stereocenters. The molecule has 1 saturated carbocycles. The number of nitrogens with one attached hydrogen (secondary N) is 2. The molecule has 0 bridgehead atoms. The van der Waals surface area contributed by atoms with Gasteiger partial charge in [-0.15, -0.1) is 10.2 Å². The van der Waals surface area contributed by atoms with E-state index in [9.17, 15) is 4.79 Å². The molecule has 2 N–H and O–H groups in total. The number of aromatic nitrogens is 6. The zero-order chi connectivity index (χ0) is 21.4. The summed E-state index contributed by atoms with van der Waals surface area (Å²) in [6, 6.07) is 3.82. The summed E-state index contributed by atoms with van der Waals surface area (Å²) >= 11 is 0. The summed E-state index contributed by atoms with van der Waals surface area (Å²) in [7, 11) is 1.53. The largest absolute Gasteiger partial charge is 0.479 e. The summed E-state index contributed by atoms with van der Waals surface area (Å²) in [6.45, 7) is 2.19. The molecule has 4 aromatic heterocycles. The Morgan fingerprint density at radius 1 is 1.39 bits per heavy atom. The third-order valence-corrected chi connectivity index (χ3v) is 6.23. The summed E-state index contributed by atoms with van der Waals surface area (Å²) in [5.41, 5.74) is 2.53. The molecular weight excluding hydrogens is 398 g/mol. The van der Waals surface area contributed by atoms with Gasteiger partial charge in [-0.25, -0.2) is 4.98 Å². The number of hydrogen-bond donors (Lipinski definition) is 2. The van der Waals surface area contributed by atoms with Gasteiger partial charge in [0.1, 0.15) is 11.6 Å². The fourth-order valence-electron chi connectivity index (χ4n) is 4.69. The number of aryl methyl sites for hydroxylation is 1. The number of ether oxygens (including phenoxy) is 1.